The van der Waals surface area contributed by atoms with E-state index in [-0.39, 0.29) is 5.69 Å². The third-order valence-electron chi connectivity index (χ3n) is 1.89. The predicted octanol–water partition coefficient (Wildman–Crippen LogP) is 1.30. The SMILES string of the molecule is COc1cc([N+](=O)[O-])ccc1C#CCCN. The van der Waals surface area contributed by atoms with E-state index in [0.29, 0.717) is 24.3 Å². The van der Waals surface area contributed by atoms with Gasteiger partial charge in [0.25, 0.3) is 5.69 Å². The summed E-state index contributed by atoms with van der Waals surface area (Å²) in [6.07, 6.45) is 0.583. The summed E-state index contributed by atoms with van der Waals surface area (Å²) in [4.78, 5) is 10.1. The van der Waals surface area contributed by atoms with Crippen LogP contribution in [0.4, 0.5) is 5.69 Å². The van der Waals surface area contributed by atoms with Crippen molar-refractivity contribution in [3.05, 3.63) is 33.9 Å². The van der Waals surface area contributed by atoms with Crippen LogP contribution in [-0.2, 0) is 0 Å². The molecule has 0 aliphatic heterocycles. The lowest BCUT2D eigenvalue weighted by Gasteiger charge is -2.02. The van der Waals surface area contributed by atoms with Crippen LogP contribution in [0.2, 0.25) is 0 Å². The summed E-state index contributed by atoms with van der Waals surface area (Å²) in [5, 5.41) is 10.5. The van der Waals surface area contributed by atoms with E-state index in [9.17, 15) is 10.1 Å². The predicted molar refractivity (Wildman–Crippen MR) is 60.2 cm³/mol. The molecule has 0 radical (unpaired) electrons. The van der Waals surface area contributed by atoms with Crippen LogP contribution in [0, 0.1) is 22.0 Å². The molecule has 0 heterocycles. The smallest absolute Gasteiger partial charge is 0.273 e. The maximum Gasteiger partial charge on any atom is 0.273 e. The minimum Gasteiger partial charge on any atom is -0.495 e. The van der Waals surface area contributed by atoms with Crippen molar-refractivity contribution in [2.75, 3.05) is 13.7 Å². The summed E-state index contributed by atoms with van der Waals surface area (Å²) < 4.78 is 5.03. The van der Waals surface area contributed by atoms with E-state index in [2.05, 4.69) is 11.8 Å². The van der Waals surface area contributed by atoms with Gasteiger partial charge in [0.1, 0.15) is 5.75 Å². The maximum absolute atomic E-state index is 10.5. The van der Waals surface area contributed by atoms with Gasteiger partial charge in [-0.3, -0.25) is 10.1 Å². The van der Waals surface area contributed by atoms with Crippen LogP contribution in [0.3, 0.4) is 0 Å². The van der Waals surface area contributed by atoms with E-state index in [0.717, 1.165) is 0 Å². The van der Waals surface area contributed by atoms with Gasteiger partial charge >= 0.3 is 0 Å². The van der Waals surface area contributed by atoms with E-state index in [4.69, 9.17) is 10.5 Å². The molecule has 1 aromatic carbocycles. The van der Waals surface area contributed by atoms with Gasteiger partial charge < -0.3 is 10.5 Å². The Morgan fingerprint density at radius 2 is 2.31 bits per heavy atom. The third-order valence-corrected chi connectivity index (χ3v) is 1.89. The molecule has 16 heavy (non-hydrogen) atoms. The normalized spacial score (nSPS) is 9.12. The molecule has 0 bridgehead atoms. The lowest BCUT2D eigenvalue weighted by Crippen LogP contribution is -1.96. The molecule has 2 N–H and O–H groups in total. The topological polar surface area (TPSA) is 78.4 Å². The molecular weight excluding hydrogens is 208 g/mol. The number of rotatable bonds is 3. The zero-order chi connectivity index (χ0) is 12.0. The molecular formula is C11H12N2O3. The Labute approximate surface area is 93.4 Å². The minimum absolute atomic E-state index is 0.0128. The molecule has 0 aromatic heterocycles. The molecule has 0 aliphatic rings. The van der Waals surface area contributed by atoms with E-state index >= 15 is 0 Å². The Morgan fingerprint density at radius 1 is 1.56 bits per heavy atom. The van der Waals surface area contributed by atoms with Crippen molar-refractivity contribution in [3.63, 3.8) is 0 Å². The second kappa shape index (κ2) is 5.73. The molecule has 0 fully saturated rings. The van der Waals surface area contributed by atoms with Crippen molar-refractivity contribution in [3.8, 4) is 17.6 Å². The van der Waals surface area contributed by atoms with E-state index in [1.54, 1.807) is 6.07 Å². The molecule has 0 saturated carbocycles. The van der Waals surface area contributed by atoms with Crippen molar-refractivity contribution < 1.29 is 9.66 Å². The average molecular weight is 220 g/mol. The molecule has 0 saturated heterocycles. The molecule has 84 valence electrons. The van der Waals surface area contributed by atoms with Gasteiger partial charge in [0.2, 0.25) is 0 Å². The van der Waals surface area contributed by atoms with Gasteiger partial charge in [-0.1, -0.05) is 11.8 Å². The number of methoxy groups -OCH3 is 1. The zero-order valence-corrected chi connectivity index (χ0v) is 8.90. The van der Waals surface area contributed by atoms with Gasteiger partial charge in [-0.25, -0.2) is 0 Å². The Balaban J connectivity index is 3.03. The van der Waals surface area contributed by atoms with Gasteiger partial charge in [0.15, 0.2) is 0 Å². The summed E-state index contributed by atoms with van der Waals surface area (Å²) >= 11 is 0. The number of ether oxygens (including phenoxy) is 1. The highest BCUT2D eigenvalue weighted by Gasteiger charge is 2.09. The number of hydrogen-bond donors (Lipinski definition) is 1. The standard InChI is InChI=1S/C11H12N2O3/c1-16-11-8-10(13(14)15)6-5-9(11)4-2-3-7-12/h5-6,8H,3,7,12H2,1H3. The molecule has 0 spiro atoms. The molecule has 5 heteroatoms. The van der Waals surface area contributed by atoms with Gasteiger partial charge in [-0.15, -0.1) is 0 Å². The number of nitrogens with two attached hydrogens (primary N) is 1. The first-order chi connectivity index (χ1) is 7.69. The number of hydrogen-bond acceptors (Lipinski definition) is 4. The van der Waals surface area contributed by atoms with Gasteiger partial charge in [-0.05, 0) is 6.07 Å². The summed E-state index contributed by atoms with van der Waals surface area (Å²) in [7, 11) is 1.45. The van der Waals surface area contributed by atoms with Crippen LogP contribution in [-0.4, -0.2) is 18.6 Å². The van der Waals surface area contributed by atoms with Crippen LogP contribution < -0.4 is 10.5 Å². The second-order valence-electron chi connectivity index (χ2n) is 2.98. The average Bonchev–Trinajstić information content (AvgIpc) is 2.29. The van der Waals surface area contributed by atoms with Crippen LogP contribution in [0.1, 0.15) is 12.0 Å². The minimum atomic E-state index is -0.473. The zero-order valence-electron chi connectivity index (χ0n) is 8.90. The lowest BCUT2D eigenvalue weighted by molar-refractivity contribution is -0.384. The van der Waals surface area contributed by atoms with Crippen LogP contribution in [0.25, 0.3) is 0 Å². The molecule has 0 aliphatic carbocycles. The van der Waals surface area contributed by atoms with Gasteiger partial charge in [0, 0.05) is 19.0 Å². The van der Waals surface area contributed by atoms with Crippen molar-refractivity contribution >= 4 is 5.69 Å². The fourth-order valence-electron chi connectivity index (χ4n) is 1.13. The third kappa shape index (κ3) is 2.97. The summed E-state index contributed by atoms with van der Waals surface area (Å²) in [6, 6.07) is 4.32. The maximum atomic E-state index is 10.5. The van der Waals surface area contributed by atoms with Crippen LogP contribution in [0.5, 0.6) is 5.75 Å². The molecule has 0 atom stereocenters. The highest BCUT2D eigenvalue weighted by atomic mass is 16.6. The summed E-state index contributed by atoms with van der Waals surface area (Å²) in [5.41, 5.74) is 5.92. The molecule has 1 aromatic rings. The number of nitro groups is 1. The number of benzene rings is 1. The Morgan fingerprint density at radius 3 is 2.88 bits per heavy atom. The first-order valence-electron chi connectivity index (χ1n) is 4.70. The Hall–Kier alpha value is -2.06. The molecule has 0 amide bonds. The van der Waals surface area contributed by atoms with Gasteiger partial charge in [0.05, 0.1) is 23.7 Å². The first-order valence-corrected chi connectivity index (χ1v) is 4.70. The van der Waals surface area contributed by atoms with Crippen molar-refractivity contribution in [1.29, 1.82) is 0 Å². The molecule has 1 rings (SSSR count). The largest absolute Gasteiger partial charge is 0.495 e. The fourth-order valence-corrected chi connectivity index (χ4v) is 1.13. The van der Waals surface area contributed by atoms with Crippen molar-refractivity contribution in [2.24, 2.45) is 5.73 Å². The Kier molecular flexibility index (Phi) is 4.30. The van der Waals surface area contributed by atoms with E-state index < -0.39 is 4.92 Å². The molecule has 5 nitrogen and oxygen atoms in total. The monoisotopic (exact) mass is 220 g/mol. The number of nitro benzene ring substituents is 1. The highest BCUT2D eigenvalue weighted by Crippen LogP contribution is 2.23. The quantitative estimate of drug-likeness (QED) is 0.473. The first kappa shape index (κ1) is 12.0. The van der Waals surface area contributed by atoms with E-state index in [1.165, 1.54) is 19.2 Å². The second-order valence-corrected chi connectivity index (χ2v) is 2.98. The summed E-state index contributed by atoms with van der Waals surface area (Å²) in [5.74, 6) is 6.11. The molecule has 0 unspecified atom stereocenters. The van der Waals surface area contributed by atoms with Crippen molar-refractivity contribution in [2.45, 2.75) is 6.42 Å². The Bertz CT molecular complexity index is 446. The van der Waals surface area contributed by atoms with Crippen LogP contribution >= 0.6 is 0 Å². The van der Waals surface area contributed by atoms with E-state index in [1.807, 2.05) is 0 Å². The number of nitrogens with zero attached hydrogens (tertiary/aromatic N) is 1. The summed E-state index contributed by atoms with van der Waals surface area (Å²) in [6.45, 7) is 0.488. The van der Waals surface area contributed by atoms with Gasteiger partial charge in [-0.2, -0.15) is 0 Å². The lowest BCUT2D eigenvalue weighted by atomic mass is 10.2. The highest BCUT2D eigenvalue weighted by molar-refractivity contribution is 5.51. The fraction of sp³-hybridized carbons (Fsp3) is 0.273. The van der Waals surface area contributed by atoms with Crippen LogP contribution in [0.15, 0.2) is 18.2 Å². The number of non-ortho nitro benzene ring substituents is 1. The van der Waals surface area contributed by atoms with Crippen molar-refractivity contribution in [1.82, 2.24) is 0 Å².